The lowest BCUT2D eigenvalue weighted by atomic mass is 10.1. The molecular weight excluding hydrogens is 170 g/mol. The first-order valence-electron chi connectivity index (χ1n) is 4.13. The number of ketones is 1. The summed E-state index contributed by atoms with van der Waals surface area (Å²) in [6.07, 6.45) is -0.0231. The van der Waals surface area contributed by atoms with Gasteiger partial charge in [0.2, 0.25) is 0 Å². The van der Waals surface area contributed by atoms with Crippen molar-refractivity contribution in [3.8, 4) is 6.07 Å². The molecule has 0 aliphatic heterocycles. The standard InChI is InChI=1S/C9H13NO3/c1-7(2)8(11)6-9(12)13-5-3-4-10/h7H,3,5-6H2,1-2H3. The lowest BCUT2D eigenvalue weighted by Crippen LogP contribution is -2.15. The fourth-order valence-corrected chi connectivity index (χ4v) is 0.608. The minimum Gasteiger partial charge on any atom is -0.464 e. The molecule has 72 valence electrons. The highest BCUT2D eigenvalue weighted by atomic mass is 16.5. The number of nitriles is 1. The van der Waals surface area contributed by atoms with Gasteiger partial charge in [-0.3, -0.25) is 9.59 Å². The Morgan fingerprint density at radius 1 is 1.46 bits per heavy atom. The van der Waals surface area contributed by atoms with Crippen LogP contribution in [0.3, 0.4) is 0 Å². The van der Waals surface area contributed by atoms with E-state index in [4.69, 9.17) is 5.26 Å². The number of carbonyl (C=O) groups excluding carboxylic acids is 2. The van der Waals surface area contributed by atoms with Gasteiger partial charge in [0.05, 0.1) is 12.5 Å². The summed E-state index contributed by atoms with van der Waals surface area (Å²) < 4.78 is 4.62. The number of hydrogen-bond acceptors (Lipinski definition) is 4. The van der Waals surface area contributed by atoms with Gasteiger partial charge >= 0.3 is 5.97 Å². The van der Waals surface area contributed by atoms with Gasteiger partial charge in [-0.05, 0) is 0 Å². The van der Waals surface area contributed by atoms with Gasteiger partial charge in [0.15, 0.2) is 0 Å². The molecule has 0 aliphatic carbocycles. The van der Waals surface area contributed by atoms with Crippen LogP contribution in [0, 0.1) is 17.2 Å². The smallest absolute Gasteiger partial charge is 0.313 e. The molecule has 0 saturated heterocycles. The number of esters is 1. The summed E-state index contributed by atoms with van der Waals surface area (Å²) in [5, 5.41) is 8.14. The van der Waals surface area contributed by atoms with Crippen molar-refractivity contribution in [1.29, 1.82) is 5.26 Å². The lowest BCUT2D eigenvalue weighted by molar-refractivity contribution is -0.146. The maximum atomic E-state index is 11.0. The molecule has 0 bridgehead atoms. The van der Waals surface area contributed by atoms with Gasteiger partial charge in [0.25, 0.3) is 0 Å². The summed E-state index contributed by atoms with van der Waals surface area (Å²) in [6, 6.07) is 1.84. The van der Waals surface area contributed by atoms with Gasteiger partial charge in [0, 0.05) is 5.92 Å². The zero-order valence-corrected chi connectivity index (χ0v) is 7.87. The van der Waals surface area contributed by atoms with Gasteiger partial charge in [0.1, 0.15) is 18.8 Å². The predicted molar refractivity (Wildman–Crippen MR) is 45.7 cm³/mol. The molecule has 0 unspecified atom stereocenters. The third-order valence-electron chi connectivity index (χ3n) is 1.44. The van der Waals surface area contributed by atoms with Crippen LogP contribution >= 0.6 is 0 Å². The van der Waals surface area contributed by atoms with Crippen LogP contribution in [0.4, 0.5) is 0 Å². The molecule has 0 N–H and O–H groups in total. The van der Waals surface area contributed by atoms with Crippen LogP contribution in [0.15, 0.2) is 0 Å². The Bertz CT molecular complexity index is 228. The van der Waals surface area contributed by atoms with Crippen molar-refractivity contribution in [2.75, 3.05) is 6.61 Å². The molecular formula is C9H13NO3. The Kier molecular flexibility index (Phi) is 5.53. The number of nitrogens with zero attached hydrogens (tertiary/aromatic N) is 1. The highest BCUT2D eigenvalue weighted by Gasteiger charge is 2.13. The van der Waals surface area contributed by atoms with E-state index in [1.807, 2.05) is 6.07 Å². The van der Waals surface area contributed by atoms with Crippen LogP contribution in [0.2, 0.25) is 0 Å². The molecule has 0 fully saturated rings. The molecule has 0 rings (SSSR count). The molecule has 0 spiro atoms. The topological polar surface area (TPSA) is 67.2 Å². The normalized spacial score (nSPS) is 9.38. The maximum Gasteiger partial charge on any atom is 0.313 e. The van der Waals surface area contributed by atoms with Crippen molar-refractivity contribution in [3.05, 3.63) is 0 Å². The molecule has 4 nitrogen and oxygen atoms in total. The minimum atomic E-state index is -0.547. The predicted octanol–water partition coefficient (Wildman–Crippen LogP) is 1.06. The molecule has 13 heavy (non-hydrogen) atoms. The van der Waals surface area contributed by atoms with E-state index >= 15 is 0 Å². The van der Waals surface area contributed by atoms with Gasteiger partial charge in [-0.2, -0.15) is 5.26 Å². The van der Waals surface area contributed by atoms with Crippen molar-refractivity contribution in [1.82, 2.24) is 0 Å². The molecule has 4 heteroatoms. The fourth-order valence-electron chi connectivity index (χ4n) is 0.608. The number of ether oxygens (including phenoxy) is 1. The summed E-state index contributed by atoms with van der Waals surface area (Å²) in [6.45, 7) is 3.52. The Labute approximate surface area is 77.5 Å². The Morgan fingerprint density at radius 3 is 2.54 bits per heavy atom. The van der Waals surface area contributed by atoms with E-state index in [2.05, 4.69) is 4.74 Å². The van der Waals surface area contributed by atoms with E-state index in [0.717, 1.165) is 0 Å². The monoisotopic (exact) mass is 183 g/mol. The van der Waals surface area contributed by atoms with E-state index in [-0.39, 0.29) is 31.1 Å². The Hall–Kier alpha value is -1.37. The van der Waals surface area contributed by atoms with Crippen molar-refractivity contribution in [3.63, 3.8) is 0 Å². The molecule has 0 aromatic heterocycles. The summed E-state index contributed by atoms with van der Waals surface area (Å²) in [5.74, 6) is -0.834. The molecule has 0 aromatic rings. The number of carbonyl (C=O) groups is 2. The van der Waals surface area contributed by atoms with E-state index in [9.17, 15) is 9.59 Å². The van der Waals surface area contributed by atoms with Gasteiger partial charge in [-0.15, -0.1) is 0 Å². The lowest BCUT2D eigenvalue weighted by Gasteiger charge is -2.03. The van der Waals surface area contributed by atoms with Crippen molar-refractivity contribution < 1.29 is 14.3 Å². The zero-order chi connectivity index (χ0) is 10.3. The van der Waals surface area contributed by atoms with Crippen LogP contribution in [0.25, 0.3) is 0 Å². The second-order valence-electron chi connectivity index (χ2n) is 2.93. The van der Waals surface area contributed by atoms with Crippen LogP contribution in [0.5, 0.6) is 0 Å². The summed E-state index contributed by atoms with van der Waals surface area (Å²) in [7, 11) is 0. The average Bonchev–Trinajstić information content (AvgIpc) is 2.04. The Balaban J connectivity index is 3.64. The molecule has 0 aliphatic rings. The van der Waals surface area contributed by atoms with Crippen LogP contribution in [-0.4, -0.2) is 18.4 Å². The van der Waals surface area contributed by atoms with Crippen LogP contribution < -0.4 is 0 Å². The summed E-state index contributed by atoms with van der Waals surface area (Å²) in [5.41, 5.74) is 0. The van der Waals surface area contributed by atoms with Crippen molar-refractivity contribution in [2.24, 2.45) is 5.92 Å². The molecule has 0 saturated carbocycles. The number of Topliss-reactive ketones (excluding diaryl/α,β-unsaturated/α-hetero) is 1. The molecule has 0 aromatic carbocycles. The quantitative estimate of drug-likeness (QED) is 0.363. The molecule has 0 radical (unpaired) electrons. The fraction of sp³-hybridized carbons (Fsp3) is 0.667. The SMILES string of the molecule is CC(C)C(=O)CC(=O)OCCC#N. The number of hydrogen-bond donors (Lipinski definition) is 0. The summed E-state index contributed by atoms with van der Waals surface area (Å²) >= 11 is 0. The first-order chi connectivity index (χ1) is 6.07. The highest BCUT2D eigenvalue weighted by Crippen LogP contribution is 2.00. The third kappa shape index (κ3) is 5.85. The first-order valence-corrected chi connectivity index (χ1v) is 4.13. The highest BCUT2D eigenvalue weighted by molar-refractivity contribution is 5.96. The van der Waals surface area contributed by atoms with Crippen LogP contribution in [0.1, 0.15) is 26.7 Å². The van der Waals surface area contributed by atoms with Crippen molar-refractivity contribution in [2.45, 2.75) is 26.7 Å². The number of rotatable bonds is 5. The van der Waals surface area contributed by atoms with Gasteiger partial charge < -0.3 is 4.74 Å². The van der Waals surface area contributed by atoms with E-state index in [1.165, 1.54) is 0 Å². The Morgan fingerprint density at radius 2 is 2.08 bits per heavy atom. The second kappa shape index (κ2) is 6.18. The van der Waals surface area contributed by atoms with Crippen LogP contribution in [-0.2, 0) is 14.3 Å². The van der Waals surface area contributed by atoms with Crippen molar-refractivity contribution >= 4 is 11.8 Å². The maximum absolute atomic E-state index is 11.0. The summed E-state index contributed by atoms with van der Waals surface area (Å²) in [4.78, 5) is 21.9. The average molecular weight is 183 g/mol. The first kappa shape index (κ1) is 11.6. The third-order valence-corrected chi connectivity index (χ3v) is 1.44. The molecule has 0 heterocycles. The van der Waals surface area contributed by atoms with E-state index in [0.29, 0.717) is 0 Å². The van der Waals surface area contributed by atoms with E-state index < -0.39 is 5.97 Å². The minimum absolute atomic E-state index is 0.0701. The molecule has 0 amide bonds. The van der Waals surface area contributed by atoms with Gasteiger partial charge in [-0.1, -0.05) is 13.8 Å². The second-order valence-corrected chi connectivity index (χ2v) is 2.93. The zero-order valence-electron chi connectivity index (χ0n) is 7.87. The molecule has 0 atom stereocenters. The van der Waals surface area contributed by atoms with Gasteiger partial charge in [-0.25, -0.2) is 0 Å². The largest absolute Gasteiger partial charge is 0.464 e. The van der Waals surface area contributed by atoms with E-state index in [1.54, 1.807) is 13.8 Å².